The zero-order valence-electron chi connectivity index (χ0n) is 11.4. The third-order valence-corrected chi connectivity index (χ3v) is 3.54. The number of hydrogen-bond donors (Lipinski definition) is 0. The molecule has 1 aromatic carbocycles. The van der Waals surface area contributed by atoms with Crippen molar-refractivity contribution in [3.8, 4) is 11.3 Å². The van der Waals surface area contributed by atoms with Gasteiger partial charge in [0.15, 0.2) is 16.3 Å². The summed E-state index contributed by atoms with van der Waals surface area (Å²) < 4.78 is 2.25. The third-order valence-electron chi connectivity index (χ3n) is 3.28. The topological polar surface area (TPSA) is 69.8 Å². The molecule has 0 atom stereocenters. The van der Waals surface area contributed by atoms with Gasteiger partial charge in [-0.1, -0.05) is 41.9 Å². The van der Waals surface area contributed by atoms with Crippen molar-refractivity contribution < 1.29 is 0 Å². The molecular weight excluding hydrogens is 292 g/mol. The highest BCUT2D eigenvalue weighted by Gasteiger charge is 2.15. The molecule has 0 N–H and O–H groups in total. The van der Waals surface area contributed by atoms with E-state index >= 15 is 0 Å². The average Bonchev–Trinajstić information content (AvgIpc) is 2.51. The first kappa shape index (κ1) is 13.5. The zero-order valence-corrected chi connectivity index (χ0v) is 12.1. The van der Waals surface area contributed by atoms with Crippen LogP contribution in [0.5, 0.6) is 0 Å². The standard InChI is InChI=1S/C14H11ClN4O2/c1-18-12-10(13(20)19(2)14(18)21)16-9(11(15)17-12)8-6-4-3-5-7-8/h3-7H,1-2H3. The summed E-state index contributed by atoms with van der Waals surface area (Å²) in [7, 11) is 2.93. The van der Waals surface area contributed by atoms with Gasteiger partial charge in [0.25, 0.3) is 5.56 Å². The highest BCUT2D eigenvalue weighted by atomic mass is 35.5. The number of benzene rings is 1. The van der Waals surface area contributed by atoms with Crippen molar-refractivity contribution in [2.45, 2.75) is 0 Å². The van der Waals surface area contributed by atoms with Crippen LogP contribution in [0.2, 0.25) is 5.15 Å². The Balaban J connectivity index is 2.45. The van der Waals surface area contributed by atoms with Crippen LogP contribution in [0.4, 0.5) is 0 Å². The van der Waals surface area contributed by atoms with Crippen molar-refractivity contribution in [1.82, 2.24) is 19.1 Å². The number of hydrogen-bond acceptors (Lipinski definition) is 4. The lowest BCUT2D eigenvalue weighted by molar-refractivity contribution is 0.704. The molecule has 0 unspecified atom stereocenters. The van der Waals surface area contributed by atoms with Gasteiger partial charge in [-0.2, -0.15) is 0 Å². The first-order valence-electron chi connectivity index (χ1n) is 6.19. The number of fused-ring (bicyclic) bond motifs is 1. The summed E-state index contributed by atoms with van der Waals surface area (Å²) >= 11 is 6.16. The Kier molecular flexibility index (Phi) is 3.10. The average molecular weight is 303 g/mol. The van der Waals surface area contributed by atoms with Crippen LogP contribution in [0.1, 0.15) is 0 Å². The maximum atomic E-state index is 12.2. The highest BCUT2D eigenvalue weighted by Crippen LogP contribution is 2.24. The molecule has 0 saturated carbocycles. The highest BCUT2D eigenvalue weighted by molar-refractivity contribution is 6.32. The minimum Gasteiger partial charge on any atom is -0.279 e. The van der Waals surface area contributed by atoms with Gasteiger partial charge in [-0.05, 0) is 0 Å². The molecule has 0 amide bonds. The summed E-state index contributed by atoms with van der Waals surface area (Å²) in [6.07, 6.45) is 0. The van der Waals surface area contributed by atoms with Crippen LogP contribution >= 0.6 is 11.6 Å². The molecular formula is C14H11ClN4O2. The van der Waals surface area contributed by atoms with Gasteiger partial charge in [0, 0.05) is 19.7 Å². The largest absolute Gasteiger partial charge is 0.332 e. The third kappa shape index (κ3) is 2.04. The Morgan fingerprint density at radius 1 is 1.00 bits per heavy atom. The van der Waals surface area contributed by atoms with Crippen molar-refractivity contribution in [3.63, 3.8) is 0 Å². The van der Waals surface area contributed by atoms with Gasteiger partial charge in [-0.15, -0.1) is 0 Å². The minimum absolute atomic E-state index is 0.114. The monoisotopic (exact) mass is 302 g/mol. The molecule has 106 valence electrons. The summed E-state index contributed by atoms with van der Waals surface area (Å²) in [6, 6.07) is 9.21. The number of nitrogens with zero attached hydrogens (tertiary/aromatic N) is 4. The predicted octanol–water partition coefficient (Wildman–Crippen LogP) is 1.35. The Morgan fingerprint density at radius 3 is 2.33 bits per heavy atom. The fourth-order valence-corrected chi connectivity index (χ4v) is 2.36. The number of aryl methyl sites for hydroxylation is 1. The van der Waals surface area contributed by atoms with Crippen molar-refractivity contribution in [3.05, 3.63) is 56.3 Å². The smallest absolute Gasteiger partial charge is 0.279 e. The molecule has 0 saturated heterocycles. The molecule has 3 rings (SSSR count). The van der Waals surface area contributed by atoms with Crippen LogP contribution in [0.25, 0.3) is 22.4 Å². The zero-order chi connectivity index (χ0) is 15.1. The molecule has 6 nitrogen and oxygen atoms in total. The Labute approximate surface area is 124 Å². The molecule has 0 fully saturated rings. The SMILES string of the molecule is Cn1c(=O)c2nc(-c3ccccc3)c(Cl)nc2n(C)c1=O. The summed E-state index contributed by atoms with van der Waals surface area (Å²) in [5.74, 6) is 0. The van der Waals surface area contributed by atoms with E-state index < -0.39 is 11.2 Å². The van der Waals surface area contributed by atoms with Crippen LogP contribution in [-0.2, 0) is 14.1 Å². The lowest BCUT2D eigenvalue weighted by Crippen LogP contribution is -2.37. The lowest BCUT2D eigenvalue weighted by atomic mass is 10.1. The van der Waals surface area contributed by atoms with Crippen LogP contribution in [0.15, 0.2) is 39.9 Å². The van der Waals surface area contributed by atoms with Gasteiger partial charge in [0.1, 0.15) is 5.69 Å². The van der Waals surface area contributed by atoms with E-state index in [2.05, 4.69) is 9.97 Å². The molecule has 0 spiro atoms. The maximum Gasteiger partial charge on any atom is 0.332 e. The first-order chi connectivity index (χ1) is 10.0. The second kappa shape index (κ2) is 4.82. The fraction of sp³-hybridized carbons (Fsp3) is 0.143. The van der Waals surface area contributed by atoms with Gasteiger partial charge in [-0.25, -0.2) is 14.8 Å². The predicted molar refractivity (Wildman–Crippen MR) is 80.5 cm³/mol. The number of rotatable bonds is 1. The van der Waals surface area contributed by atoms with E-state index in [1.807, 2.05) is 30.3 Å². The summed E-state index contributed by atoms with van der Waals surface area (Å²) in [5.41, 5.74) is 0.503. The van der Waals surface area contributed by atoms with Gasteiger partial charge >= 0.3 is 5.69 Å². The number of aromatic nitrogens is 4. The van der Waals surface area contributed by atoms with E-state index in [9.17, 15) is 9.59 Å². The minimum atomic E-state index is -0.491. The Hall–Kier alpha value is -2.47. The quantitative estimate of drug-likeness (QED) is 0.680. The van der Waals surface area contributed by atoms with E-state index in [0.717, 1.165) is 10.1 Å². The summed E-state index contributed by atoms with van der Waals surface area (Å²) in [6.45, 7) is 0. The molecule has 0 aliphatic rings. The second-order valence-electron chi connectivity index (χ2n) is 4.61. The molecule has 0 bridgehead atoms. The van der Waals surface area contributed by atoms with Crippen LogP contribution in [-0.4, -0.2) is 19.1 Å². The molecule has 21 heavy (non-hydrogen) atoms. The molecule has 2 aromatic heterocycles. The van der Waals surface area contributed by atoms with E-state index in [4.69, 9.17) is 11.6 Å². The first-order valence-corrected chi connectivity index (χ1v) is 6.57. The molecule has 7 heteroatoms. The molecule has 0 aliphatic heterocycles. The van der Waals surface area contributed by atoms with E-state index in [-0.39, 0.29) is 16.3 Å². The van der Waals surface area contributed by atoms with Gasteiger partial charge in [0.2, 0.25) is 0 Å². The summed E-state index contributed by atoms with van der Waals surface area (Å²) in [5, 5.41) is 0.150. The molecule has 0 aliphatic carbocycles. The van der Waals surface area contributed by atoms with Crippen molar-refractivity contribution in [2.24, 2.45) is 14.1 Å². The van der Waals surface area contributed by atoms with Gasteiger partial charge < -0.3 is 0 Å². The fourth-order valence-electron chi connectivity index (χ4n) is 2.13. The van der Waals surface area contributed by atoms with Crippen LogP contribution in [0.3, 0.4) is 0 Å². The molecule has 2 heterocycles. The maximum absolute atomic E-state index is 12.2. The van der Waals surface area contributed by atoms with Crippen molar-refractivity contribution in [2.75, 3.05) is 0 Å². The normalized spacial score (nSPS) is 11.0. The Morgan fingerprint density at radius 2 is 1.67 bits per heavy atom. The van der Waals surface area contributed by atoms with Crippen LogP contribution < -0.4 is 11.2 Å². The van der Waals surface area contributed by atoms with Gasteiger partial charge in [-0.3, -0.25) is 13.9 Å². The van der Waals surface area contributed by atoms with E-state index in [1.165, 1.54) is 18.7 Å². The van der Waals surface area contributed by atoms with Gasteiger partial charge in [0.05, 0.1) is 0 Å². The van der Waals surface area contributed by atoms with E-state index in [1.54, 1.807) is 0 Å². The van der Waals surface area contributed by atoms with Crippen LogP contribution in [0, 0.1) is 0 Å². The summed E-state index contributed by atoms with van der Waals surface area (Å²) in [4.78, 5) is 32.6. The number of halogens is 1. The van der Waals surface area contributed by atoms with Crippen molar-refractivity contribution in [1.29, 1.82) is 0 Å². The van der Waals surface area contributed by atoms with E-state index in [0.29, 0.717) is 5.69 Å². The van der Waals surface area contributed by atoms with Crippen molar-refractivity contribution >= 4 is 22.8 Å². The Bertz CT molecular complexity index is 961. The molecule has 0 radical (unpaired) electrons. The lowest BCUT2D eigenvalue weighted by Gasteiger charge is -2.09. The second-order valence-corrected chi connectivity index (χ2v) is 4.97. The molecule has 3 aromatic rings.